The summed E-state index contributed by atoms with van der Waals surface area (Å²) >= 11 is 1.27. The van der Waals surface area contributed by atoms with Gasteiger partial charge in [0.1, 0.15) is 0 Å². The number of aromatic nitrogens is 1. The molecular formula is C19H16F3N3OS. The summed E-state index contributed by atoms with van der Waals surface area (Å²) in [5.41, 5.74) is 3.41. The molecular weight excluding hydrogens is 375 g/mol. The Morgan fingerprint density at radius 2 is 1.74 bits per heavy atom. The number of rotatable bonds is 3. The normalized spacial score (nSPS) is 11.3. The van der Waals surface area contributed by atoms with E-state index in [2.05, 4.69) is 15.6 Å². The van der Waals surface area contributed by atoms with Crippen LogP contribution in [0.5, 0.6) is 0 Å². The van der Waals surface area contributed by atoms with Crippen LogP contribution in [0, 0.1) is 13.8 Å². The molecule has 4 nitrogen and oxygen atoms in total. The van der Waals surface area contributed by atoms with E-state index in [-0.39, 0.29) is 5.69 Å². The van der Waals surface area contributed by atoms with Gasteiger partial charge >= 0.3 is 12.2 Å². The molecule has 0 aliphatic rings. The molecule has 0 fully saturated rings. The molecule has 2 aromatic carbocycles. The maximum atomic E-state index is 12.6. The van der Waals surface area contributed by atoms with Gasteiger partial charge in [0.05, 0.1) is 11.3 Å². The fourth-order valence-corrected chi connectivity index (χ4v) is 3.17. The molecule has 0 bridgehead atoms. The van der Waals surface area contributed by atoms with Crippen molar-refractivity contribution in [1.82, 2.24) is 4.98 Å². The average Bonchev–Trinajstić information content (AvgIpc) is 3.04. The maximum Gasteiger partial charge on any atom is 0.416 e. The third-order valence-electron chi connectivity index (χ3n) is 3.86. The molecule has 0 aliphatic heterocycles. The van der Waals surface area contributed by atoms with Crippen molar-refractivity contribution in [2.24, 2.45) is 0 Å². The summed E-state index contributed by atoms with van der Waals surface area (Å²) in [5.74, 6) is 0. The number of carbonyl (C=O) groups is 1. The Morgan fingerprint density at radius 1 is 1.04 bits per heavy atom. The molecule has 0 spiro atoms. The molecule has 0 saturated carbocycles. The lowest BCUT2D eigenvalue weighted by atomic mass is 10.0. The largest absolute Gasteiger partial charge is 0.416 e. The second-order valence-corrected chi connectivity index (χ2v) is 6.87. The number of halogens is 3. The lowest BCUT2D eigenvalue weighted by Gasteiger charge is -2.09. The Balaban J connectivity index is 1.67. The van der Waals surface area contributed by atoms with E-state index in [4.69, 9.17) is 0 Å². The second kappa shape index (κ2) is 7.40. The molecule has 0 radical (unpaired) electrons. The maximum absolute atomic E-state index is 12.6. The fraction of sp³-hybridized carbons (Fsp3) is 0.158. The van der Waals surface area contributed by atoms with E-state index < -0.39 is 17.8 Å². The first kappa shape index (κ1) is 18.9. The van der Waals surface area contributed by atoms with Crippen LogP contribution < -0.4 is 10.6 Å². The third-order valence-corrected chi connectivity index (χ3v) is 4.62. The van der Waals surface area contributed by atoms with Crippen molar-refractivity contribution < 1.29 is 18.0 Å². The number of nitrogens with one attached hydrogen (secondary N) is 2. The van der Waals surface area contributed by atoms with Crippen molar-refractivity contribution in [3.8, 4) is 11.3 Å². The Hall–Kier alpha value is -2.87. The highest BCUT2D eigenvalue weighted by atomic mass is 32.1. The summed E-state index contributed by atoms with van der Waals surface area (Å²) in [6.07, 6.45) is -4.41. The van der Waals surface area contributed by atoms with Crippen LogP contribution in [-0.4, -0.2) is 11.0 Å². The standard InChI is InChI=1S/C19H16F3N3OS/c1-11-3-4-12(2)15(9-11)16-10-27-18(24-16)25-17(26)23-14-7-5-13(6-8-14)19(20,21)22/h3-10H,1-2H3,(H2,23,24,25,26). The number of hydrogen-bond donors (Lipinski definition) is 2. The van der Waals surface area contributed by atoms with Crippen LogP contribution in [0.4, 0.5) is 28.8 Å². The zero-order valence-electron chi connectivity index (χ0n) is 14.5. The van der Waals surface area contributed by atoms with Crippen molar-refractivity contribution in [3.63, 3.8) is 0 Å². The van der Waals surface area contributed by atoms with Gasteiger partial charge in [-0.05, 0) is 49.7 Å². The van der Waals surface area contributed by atoms with Gasteiger partial charge in [-0.1, -0.05) is 17.7 Å². The molecule has 8 heteroatoms. The molecule has 27 heavy (non-hydrogen) atoms. The highest BCUT2D eigenvalue weighted by molar-refractivity contribution is 7.14. The number of aryl methyl sites for hydroxylation is 2. The second-order valence-electron chi connectivity index (χ2n) is 6.01. The lowest BCUT2D eigenvalue weighted by molar-refractivity contribution is -0.137. The van der Waals surface area contributed by atoms with Gasteiger partial charge in [-0.3, -0.25) is 5.32 Å². The number of nitrogens with zero attached hydrogens (tertiary/aromatic N) is 1. The summed E-state index contributed by atoms with van der Waals surface area (Å²) in [6, 6.07) is 9.70. The van der Waals surface area contributed by atoms with Crippen LogP contribution in [-0.2, 0) is 6.18 Å². The van der Waals surface area contributed by atoms with E-state index >= 15 is 0 Å². The van der Waals surface area contributed by atoms with Gasteiger partial charge in [-0.25, -0.2) is 9.78 Å². The molecule has 3 aromatic rings. The SMILES string of the molecule is Cc1ccc(C)c(-c2csc(NC(=O)Nc3ccc(C(F)(F)F)cc3)n2)c1. The van der Waals surface area contributed by atoms with Crippen molar-refractivity contribution in [3.05, 3.63) is 64.5 Å². The summed E-state index contributed by atoms with van der Waals surface area (Å²) in [5, 5.41) is 7.32. The Morgan fingerprint density at radius 3 is 2.41 bits per heavy atom. The first-order valence-electron chi connectivity index (χ1n) is 8.01. The van der Waals surface area contributed by atoms with Crippen LogP contribution >= 0.6 is 11.3 Å². The van der Waals surface area contributed by atoms with E-state index in [9.17, 15) is 18.0 Å². The Bertz CT molecular complexity index is 965. The van der Waals surface area contributed by atoms with Gasteiger partial charge in [0.15, 0.2) is 5.13 Å². The smallest absolute Gasteiger partial charge is 0.308 e. The van der Waals surface area contributed by atoms with Crippen LogP contribution in [0.2, 0.25) is 0 Å². The molecule has 2 N–H and O–H groups in total. The minimum Gasteiger partial charge on any atom is -0.308 e. The first-order chi connectivity index (χ1) is 12.7. The number of benzene rings is 2. The fourth-order valence-electron chi connectivity index (χ4n) is 2.47. The number of urea groups is 1. The first-order valence-corrected chi connectivity index (χ1v) is 8.89. The van der Waals surface area contributed by atoms with Crippen molar-refractivity contribution in [2.45, 2.75) is 20.0 Å². The summed E-state index contributed by atoms with van der Waals surface area (Å²) in [4.78, 5) is 16.5. The average molecular weight is 391 g/mol. The van der Waals surface area contributed by atoms with Gasteiger partial charge in [0, 0.05) is 16.6 Å². The molecule has 1 heterocycles. The van der Waals surface area contributed by atoms with Crippen LogP contribution in [0.1, 0.15) is 16.7 Å². The third kappa shape index (κ3) is 4.65. The minimum atomic E-state index is -4.41. The number of alkyl halides is 3. The highest BCUT2D eigenvalue weighted by Gasteiger charge is 2.30. The topological polar surface area (TPSA) is 54.0 Å². The van der Waals surface area contributed by atoms with Crippen LogP contribution in [0.15, 0.2) is 47.8 Å². The van der Waals surface area contributed by atoms with E-state index in [0.29, 0.717) is 5.13 Å². The molecule has 0 atom stereocenters. The predicted octanol–water partition coefficient (Wildman–Crippen LogP) is 6.09. The van der Waals surface area contributed by atoms with E-state index in [0.717, 1.165) is 34.5 Å². The number of thiazole rings is 1. The van der Waals surface area contributed by atoms with Gasteiger partial charge in [-0.2, -0.15) is 13.2 Å². The van der Waals surface area contributed by atoms with Gasteiger partial charge < -0.3 is 5.32 Å². The Labute approximate surface area is 158 Å². The van der Waals surface area contributed by atoms with Crippen molar-refractivity contribution in [2.75, 3.05) is 10.6 Å². The van der Waals surface area contributed by atoms with Crippen LogP contribution in [0.25, 0.3) is 11.3 Å². The zero-order valence-corrected chi connectivity index (χ0v) is 15.3. The van der Waals surface area contributed by atoms with E-state index in [1.54, 1.807) is 0 Å². The number of carbonyl (C=O) groups excluding carboxylic acids is 1. The summed E-state index contributed by atoms with van der Waals surface area (Å²) < 4.78 is 37.7. The van der Waals surface area contributed by atoms with E-state index in [1.807, 2.05) is 37.4 Å². The van der Waals surface area contributed by atoms with E-state index in [1.165, 1.54) is 23.5 Å². The highest BCUT2D eigenvalue weighted by Crippen LogP contribution is 2.30. The molecule has 0 saturated heterocycles. The molecule has 3 rings (SSSR count). The van der Waals surface area contributed by atoms with Gasteiger partial charge in [0.2, 0.25) is 0 Å². The lowest BCUT2D eigenvalue weighted by Crippen LogP contribution is -2.19. The number of amides is 2. The van der Waals surface area contributed by atoms with Gasteiger partial charge in [-0.15, -0.1) is 11.3 Å². The monoisotopic (exact) mass is 391 g/mol. The quantitative estimate of drug-likeness (QED) is 0.568. The van der Waals surface area contributed by atoms with Gasteiger partial charge in [0.25, 0.3) is 0 Å². The zero-order chi connectivity index (χ0) is 19.6. The van der Waals surface area contributed by atoms with Crippen LogP contribution in [0.3, 0.4) is 0 Å². The summed E-state index contributed by atoms with van der Waals surface area (Å²) in [7, 11) is 0. The molecule has 140 valence electrons. The number of hydrogen-bond acceptors (Lipinski definition) is 3. The minimum absolute atomic E-state index is 0.256. The Kier molecular flexibility index (Phi) is 5.18. The molecule has 0 aliphatic carbocycles. The summed E-state index contributed by atoms with van der Waals surface area (Å²) in [6.45, 7) is 3.98. The van der Waals surface area contributed by atoms with Crippen molar-refractivity contribution >= 4 is 28.2 Å². The predicted molar refractivity (Wildman–Crippen MR) is 101 cm³/mol. The van der Waals surface area contributed by atoms with Crippen molar-refractivity contribution in [1.29, 1.82) is 0 Å². The molecule has 0 unspecified atom stereocenters. The molecule has 1 aromatic heterocycles. The molecule has 2 amide bonds. The number of anilines is 2.